The van der Waals surface area contributed by atoms with E-state index in [0.717, 1.165) is 23.1 Å². The van der Waals surface area contributed by atoms with Crippen LogP contribution in [0.25, 0.3) is 10.2 Å². The molecule has 0 bridgehead atoms. The SMILES string of the molecule is Cc1cc(CC(C)C)ncc1N1C(=O)Nc2ccnc3sc(C(N)=O)c1c23. The fraction of sp³-hybridized carbons (Fsp3) is 0.263. The molecule has 4 heterocycles. The van der Waals surface area contributed by atoms with Crippen LogP contribution in [-0.2, 0) is 6.42 Å². The number of hydrogen-bond donors (Lipinski definition) is 2. The number of carbonyl (C=O) groups excluding carboxylic acids is 2. The van der Waals surface area contributed by atoms with Gasteiger partial charge in [-0.05, 0) is 37.0 Å². The maximum absolute atomic E-state index is 12.9. The maximum atomic E-state index is 12.9. The summed E-state index contributed by atoms with van der Waals surface area (Å²) in [6, 6.07) is 3.35. The standard InChI is InChI=1S/C19H19N5O2S/c1-9(2)6-11-7-10(3)13(8-22-11)24-15-14-12(23-19(24)26)4-5-21-18(14)27-16(15)17(20)25/h4-5,7-9H,6H2,1-3H3,(H2,20,25)(H,23,26). The number of nitrogens with one attached hydrogen (secondary N) is 1. The van der Waals surface area contributed by atoms with Crippen LogP contribution in [0.1, 0.15) is 34.8 Å². The second kappa shape index (κ2) is 6.31. The van der Waals surface area contributed by atoms with E-state index in [4.69, 9.17) is 5.73 Å². The predicted molar refractivity (Wildman–Crippen MR) is 107 cm³/mol. The third-order valence-corrected chi connectivity index (χ3v) is 5.56. The molecule has 0 radical (unpaired) electrons. The summed E-state index contributed by atoms with van der Waals surface area (Å²) >= 11 is 1.19. The van der Waals surface area contributed by atoms with E-state index in [2.05, 4.69) is 29.1 Å². The van der Waals surface area contributed by atoms with Gasteiger partial charge in [-0.3, -0.25) is 14.7 Å². The number of thiophene rings is 1. The average molecular weight is 381 g/mol. The molecule has 0 aliphatic carbocycles. The molecule has 27 heavy (non-hydrogen) atoms. The number of nitrogens with two attached hydrogens (primary N) is 1. The Morgan fingerprint density at radius 2 is 2.15 bits per heavy atom. The van der Waals surface area contributed by atoms with E-state index < -0.39 is 5.91 Å². The number of pyridine rings is 2. The fourth-order valence-electron chi connectivity index (χ4n) is 3.37. The summed E-state index contributed by atoms with van der Waals surface area (Å²) in [5.74, 6) is -0.0994. The molecule has 4 rings (SSSR count). The molecule has 138 valence electrons. The first-order valence-electron chi connectivity index (χ1n) is 8.64. The van der Waals surface area contributed by atoms with Gasteiger partial charge in [0.15, 0.2) is 0 Å². The van der Waals surface area contributed by atoms with Gasteiger partial charge in [0.1, 0.15) is 9.71 Å². The minimum Gasteiger partial charge on any atom is -0.365 e. The molecule has 1 aliphatic rings. The zero-order valence-electron chi connectivity index (χ0n) is 15.2. The lowest BCUT2D eigenvalue weighted by Gasteiger charge is -2.29. The lowest BCUT2D eigenvalue weighted by molar-refractivity contribution is 0.100. The first kappa shape index (κ1) is 17.4. The van der Waals surface area contributed by atoms with Crippen molar-refractivity contribution in [2.24, 2.45) is 11.7 Å². The van der Waals surface area contributed by atoms with E-state index in [0.29, 0.717) is 32.7 Å². The topological polar surface area (TPSA) is 101 Å². The summed E-state index contributed by atoms with van der Waals surface area (Å²) in [6.07, 6.45) is 4.14. The third-order valence-electron chi connectivity index (χ3n) is 4.46. The molecule has 3 N–H and O–H groups in total. The summed E-state index contributed by atoms with van der Waals surface area (Å²) in [7, 11) is 0. The van der Waals surface area contributed by atoms with Gasteiger partial charge in [-0.1, -0.05) is 13.8 Å². The number of anilines is 3. The minimum atomic E-state index is -0.583. The van der Waals surface area contributed by atoms with Crippen LogP contribution < -0.4 is 16.0 Å². The number of aromatic nitrogens is 2. The maximum Gasteiger partial charge on any atom is 0.331 e. The van der Waals surface area contributed by atoms with Crippen LogP contribution in [0, 0.1) is 12.8 Å². The molecule has 0 fully saturated rings. The van der Waals surface area contributed by atoms with Crippen molar-refractivity contribution in [2.75, 3.05) is 10.2 Å². The van der Waals surface area contributed by atoms with Crippen LogP contribution in [-0.4, -0.2) is 21.9 Å². The fourth-order valence-corrected chi connectivity index (χ4v) is 4.37. The third kappa shape index (κ3) is 2.82. The van der Waals surface area contributed by atoms with Crippen LogP contribution >= 0.6 is 11.3 Å². The second-order valence-corrected chi connectivity index (χ2v) is 8.01. The minimum absolute atomic E-state index is 0.311. The van der Waals surface area contributed by atoms with Crippen molar-refractivity contribution in [3.05, 3.63) is 40.7 Å². The Hall–Kier alpha value is -3.00. The summed E-state index contributed by atoms with van der Waals surface area (Å²) in [5, 5.41) is 3.60. The number of urea groups is 1. The van der Waals surface area contributed by atoms with Crippen LogP contribution in [0.4, 0.5) is 21.9 Å². The Labute approximate surface area is 160 Å². The highest BCUT2D eigenvalue weighted by Gasteiger charge is 2.34. The Morgan fingerprint density at radius 3 is 2.81 bits per heavy atom. The molecule has 3 amide bonds. The van der Waals surface area contributed by atoms with Gasteiger partial charge in [-0.15, -0.1) is 11.3 Å². The monoisotopic (exact) mass is 381 g/mol. The van der Waals surface area contributed by atoms with Crippen molar-refractivity contribution in [1.82, 2.24) is 9.97 Å². The largest absolute Gasteiger partial charge is 0.365 e. The Kier molecular flexibility index (Phi) is 4.07. The lowest BCUT2D eigenvalue weighted by Crippen LogP contribution is -2.35. The first-order chi connectivity index (χ1) is 12.9. The molecule has 0 aromatic carbocycles. The van der Waals surface area contributed by atoms with Gasteiger partial charge in [-0.25, -0.2) is 9.78 Å². The van der Waals surface area contributed by atoms with Gasteiger partial charge in [-0.2, -0.15) is 0 Å². The van der Waals surface area contributed by atoms with Crippen molar-refractivity contribution in [1.29, 1.82) is 0 Å². The lowest BCUT2D eigenvalue weighted by atomic mass is 10.0. The van der Waals surface area contributed by atoms with Crippen LogP contribution in [0.5, 0.6) is 0 Å². The van der Waals surface area contributed by atoms with Gasteiger partial charge >= 0.3 is 6.03 Å². The van der Waals surface area contributed by atoms with E-state index in [9.17, 15) is 9.59 Å². The van der Waals surface area contributed by atoms with E-state index in [1.54, 1.807) is 18.5 Å². The molecule has 1 aliphatic heterocycles. The molecule has 0 atom stereocenters. The van der Waals surface area contributed by atoms with Gasteiger partial charge in [0.2, 0.25) is 0 Å². The molecule has 0 spiro atoms. The summed E-state index contributed by atoms with van der Waals surface area (Å²) in [5.41, 5.74) is 9.20. The normalized spacial score (nSPS) is 13.3. The smallest absolute Gasteiger partial charge is 0.331 e. The highest BCUT2D eigenvalue weighted by Crippen LogP contribution is 2.47. The van der Waals surface area contributed by atoms with Crippen molar-refractivity contribution >= 4 is 50.6 Å². The number of hydrogen-bond acceptors (Lipinski definition) is 5. The molecule has 3 aromatic rings. The molecule has 7 nitrogen and oxygen atoms in total. The molecule has 0 saturated heterocycles. The van der Waals surface area contributed by atoms with Crippen LogP contribution in [0.2, 0.25) is 0 Å². The Bertz CT molecular complexity index is 1090. The number of aryl methyl sites for hydroxylation is 1. The molecule has 8 heteroatoms. The summed E-state index contributed by atoms with van der Waals surface area (Å²) in [4.78, 5) is 36.3. The molecular formula is C19H19N5O2S. The quantitative estimate of drug-likeness (QED) is 0.713. The van der Waals surface area contributed by atoms with Gasteiger partial charge in [0.05, 0.1) is 28.6 Å². The zero-order chi connectivity index (χ0) is 19.3. The van der Waals surface area contributed by atoms with E-state index in [-0.39, 0.29) is 6.03 Å². The second-order valence-electron chi connectivity index (χ2n) is 7.01. The summed E-state index contributed by atoms with van der Waals surface area (Å²) < 4.78 is 0. The van der Waals surface area contributed by atoms with E-state index >= 15 is 0 Å². The number of nitrogens with zero attached hydrogens (tertiary/aromatic N) is 3. The van der Waals surface area contributed by atoms with Crippen molar-refractivity contribution in [3.63, 3.8) is 0 Å². The van der Waals surface area contributed by atoms with Crippen molar-refractivity contribution in [3.8, 4) is 0 Å². The average Bonchev–Trinajstić information content (AvgIpc) is 2.97. The van der Waals surface area contributed by atoms with Gasteiger partial charge < -0.3 is 11.1 Å². The van der Waals surface area contributed by atoms with Crippen LogP contribution in [0.3, 0.4) is 0 Å². The number of carbonyl (C=O) groups is 2. The first-order valence-corrected chi connectivity index (χ1v) is 9.46. The van der Waals surface area contributed by atoms with Crippen molar-refractivity contribution in [2.45, 2.75) is 27.2 Å². The number of amides is 3. The Morgan fingerprint density at radius 1 is 1.37 bits per heavy atom. The van der Waals surface area contributed by atoms with Gasteiger partial charge in [0.25, 0.3) is 5.91 Å². The summed E-state index contributed by atoms with van der Waals surface area (Å²) in [6.45, 7) is 6.20. The highest BCUT2D eigenvalue weighted by molar-refractivity contribution is 7.21. The predicted octanol–water partition coefficient (Wildman–Crippen LogP) is 3.98. The molecular weight excluding hydrogens is 362 g/mol. The van der Waals surface area contributed by atoms with E-state index in [1.807, 2.05) is 13.0 Å². The number of rotatable bonds is 4. The molecule has 3 aromatic heterocycles. The Balaban J connectivity index is 1.92. The van der Waals surface area contributed by atoms with Crippen LogP contribution in [0.15, 0.2) is 24.5 Å². The molecule has 0 saturated carbocycles. The zero-order valence-corrected chi connectivity index (χ0v) is 16.1. The highest BCUT2D eigenvalue weighted by atomic mass is 32.1. The van der Waals surface area contributed by atoms with E-state index in [1.165, 1.54) is 16.2 Å². The van der Waals surface area contributed by atoms with Gasteiger partial charge in [0, 0.05) is 11.9 Å². The number of primary amides is 1. The van der Waals surface area contributed by atoms with Crippen molar-refractivity contribution < 1.29 is 9.59 Å². The molecule has 0 unspecified atom stereocenters.